The van der Waals surface area contributed by atoms with E-state index in [0.717, 1.165) is 55.6 Å². The molecule has 32 heavy (non-hydrogen) atoms. The summed E-state index contributed by atoms with van der Waals surface area (Å²) >= 11 is 0. The lowest BCUT2D eigenvalue weighted by Crippen LogP contribution is -2.33. The molecule has 1 aliphatic heterocycles. The van der Waals surface area contributed by atoms with Crippen LogP contribution in [0.3, 0.4) is 0 Å². The number of ether oxygens (including phenoxy) is 1. The number of hydrogen-bond donors (Lipinski definition) is 2. The number of carbonyl (C=O) groups excluding carboxylic acids is 1. The number of aromatic amines is 1. The number of benzene rings is 2. The number of pyridine rings is 1. The van der Waals surface area contributed by atoms with E-state index in [1.165, 1.54) is 4.68 Å². The number of nitrogens with zero attached hydrogens (tertiary/aromatic N) is 4. The molecule has 0 spiro atoms. The molecule has 0 unspecified atom stereocenters. The average Bonchev–Trinajstić information content (AvgIpc) is 3.53. The normalized spacial score (nSPS) is 15.1. The van der Waals surface area contributed by atoms with Gasteiger partial charge in [-0.15, -0.1) is 0 Å². The van der Waals surface area contributed by atoms with Gasteiger partial charge in [-0.25, -0.2) is 4.79 Å². The Hall–Kier alpha value is -4.20. The number of para-hydroxylation sites is 1. The van der Waals surface area contributed by atoms with Crippen molar-refractivity contribution in [3.05, 3.63) is 71.8 Å². The van der Waals surface area contributed by atoms with Gasteiger partial charge in [0.25, 0.3) is 0 Å². The largest absolute Gasteiger partial charge is 0.491 e. The molecular weight excluding hydrogens is 404 g/mol. The molecule has 1 amide bonds. The van der Waals surface area contributed by atoms with Crippen LogP contribution in [0, 0.1) is 13.8 Å². The first kappa shape index (κ1) is 18.6. The maximum Gasteiger partial charge on any atom is 0.343 e. The second-order valence-electron chi connectivity index (χ2n) is 7.99. The van der Waals surface area contributed by atoms with Gasteiger partial charge in [0.15, 0.2) is 0 Å². The van der Waals surface area contributed by atoms with E-state index in [2.05, 4.69) is 25.6 Å². The third-order valence-electron chi connectivity index (χ3n) is 5.99. The van der Waals surface area contributed by atoms with Gasteiger partial charge in [0.05, 0.1) is 29.0 Å². The zero-order chi connectivity index (χ0) is 21.8. The van der Waals surface area contributed by atoms with Crippen molar-refractivity contribution in [2.45, 2.75) is 19.9 Å². The highest BCUT2D eigenvalue weighted by Gasteiger charge is 2.28. The SMILES string of the molecule is Cc1nc2ccccc2c2c1c(C)nn2C(=O)N[C@@H]1COc2cc(-c3cn[nH]c3)ccc21. The second kappa shape index (κ2) is 6.91. The summed E-state index contributed by atoms with van der Waals surface area (Å²) in [6.45, 7) is 4.22. The van der Waals surface area contributed by atoms with Gasteiger partial charge in [0.1, 0.15) is 12.4 Å². The predicted octanol–water partition coefficient (Wildman–Crippen LogP) is 4.28. The molecule has 0 saturated heterocycles. The van der Waals surface area contributed by atoms with Crippen LogP contribution in [0.15, 0.2) is 54.9 Å². The molecule has 1 aliphatic rings. The summed E-state index contributed by atoms with van der Waals surface area (Å²) in [7, 11) is 0. The highest BCUT2D eigenvalue weighted by atomic mass is 16.5. The number of aryl methyl sites for hydroxylation is 2. The molecule has 5 aromatic rings. The Balaban J connectivity index is 1.37. The Morgan fingerprint density at radius 3 is 2.88 bits per heavy atom. The third-order valence-corrected chi connectivity index (χ3v) is 5.99. The molecule has 0 bridgehead atoms. The molecule has 0 aliphatic carbocycles. The van der Waals surface area contributed by atoms with E-state index in [1.807, 2.05) is 62.5 Å². The van der Waals surface area contributed by atoms with Crippen LogP contribution < -0.4 is 10.1 Å². The minimum atomic E-state index is -0.292. The molecule has 2 N–H and O–H groups in total. The summed E-state index contributed by atoms with van der Waals surface area (Å²) in [5, 5.41) is 16.3. The minimum Gasteiger partial charge on any atom is -0.491 e. The molecule has 0 saturated carbocycles. The summed E-state index contributed by atoms with van der Waals surface area (Å²) in [5.74, 6) is 0.765. The van der Waals surface area contributed by atoms with Gasteiger partial charge >= 0.3 is 6.03 Å². The van der Waals surface area contributed by atoms with Gasteiger partial charge in [-0.05, 0) is 31.5 Å². The van der Waals surface area contributed by atoms with Gasteiger partial charge in [-0.2, -0.15) is 14.9 Å². The zero-order valence-electron chi connectivity index (χ0n) is 17.6. The van der Waals surface area contributed by atoms with Gasteiger partial charge in [-0.1, -0.05) is 30.3 Å². The second-order valence-corrected chi connectivity index (χ2v) is 7.99. The zero-order valence-corrected chi connectivity index (χ0v) is 17.6. The number of carbonyl (C=O) groups is 1. The molecule has 0 radical (unpaired) electrons. The molecule has 8 nitrogen and oxygen atoms in total. The molecule has 2 aromatic carbocycles. The lowest BCUT2D eigenvalue weighted by Gasteiger charge is -2.13. The maximum absolute atomic E-state index is 13.3. The Kier molecular flexibility index (Phi) is 4.01. The van der Waals surface area contributed by atoms with E-state index >= 15 is 0 Å². The van der Waals surface area contributed by atoms with Crippen molar-refractivity contribution in [3.63, 3.8) is 0 Å². The average molecular weight is 424 g/mol. The van der Waals surface area contributed by atoms with Crippen LogP contribution in [-0.4, -0.2) is 37.6 Å². The van der Waals surface area contributed by atoms with Crippen LogP contribution in [-0.2, 0) is 0 Å². The molecular formula is C24H20N6O2. The monoisotopic (exact) mass is 424 g/mol. The topological polar surface area (TPSA) is 97.7 Å². The number of nitrogens with one attached hydrogen (secondary N) is 2. The van der Waals surface area contributed by atoms with E-state index in [1.54, 1.807) is 6.20 Å². The summed E-state index contributed by atoms with van der Waals surface area (Å²) in [6, 6.07) is 13.2. The lowest BCUT2D eigenvalue weighted by molar-refractivity contribution is 0.231. The molecule has 158 valence electrons. The van der Waals surface area contributed by atoms with Gasteiger partial charge in [-0.3, -0.25) is 10.1 Å². The molecule has 4 heterocycles. The number of aromatic nitrogens is 5. The Morgan fingerprint density at radius 2 is 2.03 bits per heavy atom. The Morgan fingerprint density at radius 1 is 1.16 bits per heavy atom. The highest BCUT2D eigenvalue weighted by Crippen LogP contribution is 2.36. The number of fused-ring (bicyclic) bond motifs is 4. The number of hydrogen-bond acceptors (Lipinski definition) is 5. The van der Waals surface area contributed by atoms with Crippen LogP contribution >= 0.6 is 0 Å². The van der Waals surface area contributed by atoms with E-state index in [9.17, 15) is 4.79 Å². The smallest absolute Gasteiger partial charge is 0.343 e. The molecule has 0 fully saturated rings. The Bertz CT molecular complexity index is 1500. The fourth-order valence-electron chi connectivity index (χ4n) is 4.49. The molecule has 8 heteroatoms. The first-order valence-electron chi connectivity index (χ1n) is 10.4. The third kappa shape index (κ3) is 2.76. The fraction of sp³-hybridized carbons (Fsp3) is 0.167. The summed E-state index contributed by atoms with van der Waals surface area (Å²) in [4.78, 5) is 18.0. The van der Waals surface area contributed by atoms with E-state index < -0.39 is 0 Å². The van der Waals surface area contributed by atoms with Gasteiger partial charge in [0.2, 0.25) is 0 Å². The fourth-order valence-corrected chi connectivity index (χ4v) is 4.49. The molecule has 1 atom stereocenters. The van der Waals surface area contributed by atoms with Crippen molar-refractivity contribution < 1.29 is 9.53 Å². The van der Waals surface area contributed by atoms with Crippen LogP contribution in [0.1, 0.15) is 23.0 Å². The molecule has 6 rings (SSSR count). The first-order chi connectivity index (χ1) is 15.6. The Labute approximate surface area is 183 Å². The van der Waals surface area contributed by atoms with Crippen LogP contribution in [0.5, 0.6) is 5.75 Å². The predicted molar refractivity (Wildman–Crippen MR) is 121 cm³/mol. The molecule has 3 aromatic heterocycles. The van der Waals surface area contributed by atoms with E-state index in [0.29, 0.717) is 6.61 Å². The number of H-pyrrole nitrogens is 1. The van der Waals surface area contributed by atoms with Crippen molar-refractivity contribution in [2.75, 3.05) is 6.61 Å². The first-order valence-corrected chi connectivity index (χ1v) is 10.4. The van der Waals surface area contributed by atoms with Crippen molar-refractivity contribution >= 4 is 27.8 Å². The van der Waals surface area contributed by atoms with Crippen LogP contribution in [0.25, 0.3) is 32.9 Å². The standard InChI is InChI=1S/C24H20N6O2/c1-13-22-14(2)29-30(23(22)18-5-3-4-6-19(18)27-13)24(31)28-20-12-32-21-9-15(7-8-17(20)21)16-10-25-26-11-16/h3-11,20H,12H2,1-2H3,(H,25,26)(H,28,31)/t20-/m1/s1. The van der Waals surface area contributed by atoms with Crippen molar-refractivity contribution in [1.29, 1.82) is 0 Å². The van der Waals surface area contributed by atoms with Crippen molar-refractivity contribution in [3.8, 4) is 16.9 Å². The van der Waals surface area contributed by atoms with Gasteiger partial charge < -0.3 is 10.1 Å². The maximum atomic E-state index is 13.3. The van der Waals surface area contributed by atoms with Gasteiger partial charge in [0, 0.05) is 33.8 Å². The summed E-state index contributed by atoms with van der Waals surface area (Å²) in [6.07, 6.45) is 3.60. The van der Waals surface area contributed by atoms with E-state index in [4.69, 9.17) is 4.74 Å². The quantitative estimate of drug-likeness (QED) is 0.441. The summed E-state index contributed by atoms with van der Waals surface area (Å²) < 4.78 is 7.34. The minimum absolute atomic E-state index is 0.260. The van der Waals surface area contributed by atoms with E-state index in [-0.39, 0.29) is 12.1 Å². The number of rotatable bonds is 2. The summed E-state index contributed by atoms with van der Waals surface area (Å²) in [5.41, 5.74) is 6.19. The highest BCUT2D eigenvalue weighted by molar-refractivity contribution is 6.08. The van der Waals surface area contributed by atoms with Crippen molar-refractivity contribution in [2.24, 2.45) is 0 Å². The number of amides is 1. The van der Waals surface area contributed by atoms with Crippen molar-refractivity contribution in [1.82, 2.24) is 30.3 Å². The lowest BCUT2D eigenvalue weighted by atomic mass is 10.0. The van der Waals surface area contributed by atoms with Crippen LogP contribution in [0.4, 0.5) is 4.79 Å². The van der Waals surface area contributed by atoms with Crippen LogP contribution in [0.2, 0.25) is 0 Å².